The highest BCUT2D eigenvalue weighted by atomic mass is 35.5. The third-order valence-corrected chi connectivity index (χ3v) is 5.42. The lowest BCUT2D eigenvalue weighted by Crippen LogP contribution is -2.53. The summed E-state index contributed by atoms with van der Waals surface area (Å²) in [6.45, 7) is 0.931. The Balaban J connectivity index is 1.90. The van der Waals surface area contributed by atoms with Crippen LogP contribution in [0.1, 0.15) is 44.1 Å². The van der Waals surface area contributed by atoms with E-state index in [0.717, 1.165) is 12.1 Å². The Labute approximate surface area is 119 Å². The Kier molecular flexibility index (Phi) is 3.34. The molecule has 2 fully saturated rings. The van der Waals surface area contributed by atoms with Gasteiger partial charge in [0.2, 0.25) is 0 Å². The lowest BCUT2D eigenvalue weighted by molar-refractivity contribution is 0.0283. The molecular weight excluding hydrogens is 261 g/mol. The largest absolute Gasteiger partial charge is 0.319 e. The zero-order chi connectivity index (χ0) is 13.5. The summed E-state index contributed by atoms with van der Waals surface area (Å²) in [7, 11) is 1.98. The van der Waals surface area contributed by atoms with E-state index in [1.165, 1.54) is 50.7 Å². The van der Waals surface area contributed by atoms with Crippen molar-refractivity contribution in [3.05, 3.63) is 34.6 Å². The second-order valence-corrected chi connectivity index (χ2v) is 6.90. The third kappa shape index (κ3) is 2.19. The first-order valence-corrected chi connectivity index (χ1v) is 7.57. The molecule has 104 valence electrons. The van der Waals surface area contributed by atoms with E-state index >= 15 is 0 Å². The van der Waals surface area contributed by atoms with Gasteiger partial charge in [0, 0.05) is 17.0 Å². The zero-order valence-electron chi connectivity index (χ0n) is 11.4. The summed E-state index contributed by atoms with van der Waals surface area (Å²) in [5.74, 6) is -0.247. The molecule has 0 aromatic heterocycles. The number of rotatable bonds is 3. The molecule has 0 saturated heterocycles. The van der Waals surface area contributed by atoms with Crippen molar-refractivity contribution in [2.45, 2.75) is 43.9 Å². The third-order valence-electron chi connectivity index (χ3n) is 5.11. The fourth-order valence-electron chi connectivity index (χ4n) is 4.53. The van der Waals surface area contributed by atoms with Crippen LogP contribution >= 0.6 is 11.6 Å². The van der Waals surface area contributed by atoms with Gasteiger partial charge in [-0.15, -0.1) is 0 Å². The average Bonchev–Trinajstić information content (AvgIpc) is 2.77. The minimum atomic E-state index is -0.247. The van der Waals surface area contributed by atoms with Gasteiger partial charge in [-0.1, -0.05) is 30.5 Å². The minimum absolute atomic E-state index is 0.115. The molecule has 2 aliphatic carbocycles. The monoisotopic (exact) mass is 281 g/mol. The molecule has 0 atom stereocenters. The minimum Gasteiger partial charge on any atom is -0.319 e. The highest BCUT2D eigenvalue weighted by molar-refractivity contribution is 6.31. The molecule has 1 aromatic rings. The van der Waals surface area contributed by atoms with E-state index in [1.54, 1.807) is 0 Å². The molecule has 0 bridgehead atoms. The van der Waals surface area contributed by atoms with Crippen molar-refractivity contribution < 1.29 is 4.39 Å². The van der Waals surface area contributed by atoms with Crippen molar-refractivity contribution in [3.63, 3.8) is 0 Å². The van der Waals surface area contributed by atoms with Crippen molar-refractivity contribution in [3.8, 4) is 0 Å². The lowest BCUT2D eigenvalue weighted by Gasteiger charge is -2.56. The van der Waals surface area contributed by atoms with Gasteiger partial charge < -0.3 is 5.32 Å². The van der Waals surface area contributed by atoms with Crippen LogP contribution in [-0.4, -0.2) is 13.6 Å². The van der Waals surface area contributed by atoms with Crippen LogP contribution < -0.4 is 5.32 Å². The van der Waals surface area contributed by atoms with Gasteiger partial charge in [0.25, 0.3) is 0 Å². The summed E-state index contributed by atoms with van der Waals surface area (Å²) in [6.07, 6.45) is 7.85. The molecule has 1 nitrogen and oxygen atoms in total. The molecule has 2 aliphatic rings. The maximum absolute atomic E-state index is 13.2. The predicted molar refractivity (Wildman–Crippen MR) is 77.1 cm³/mol. The molecular formula is C16H21ClFN. The fourth-order valence-corrected chi connectivity index (χ4v) is 4.90. The van der Waals surface area contributed by atoms with Crippen LogP contribution in [0.5, 0.6) is 0 Å². The first kappa shape index (κ1) is 13.4. The predicted octanol–water partition coefficient (Wildman–Crippen LogP) is 4.29. The number of hydrogen-bond acceptors (Lipinski definition) is 1. The topological polar surface area (TPSA) is 12.0 Å². The first-order chi connectivity index (χ1) is 9.09. The van der Waals surface area contributed by atoms with E-state index in [9.17, 15) is 4.39 Å². The number of benzene rings is 1. The SMILES string of the molecule is CNCC1(c2ccc(F)cc2Cl)CC2(CCCC2)C1. The Bertz CT molecular complexity index is 472. The van der Waals surface area contributed by atoms with Gasteiger partial charge >= 0.3 is 0 Å². The van der Waals surface area contributed by atoms with Crippen LogP contribution in [-0.2, 0) is 5.41 Å². The zero-order valence-corrected chi connectivity index (χ0v) is 12.2. The van der Waals surface area contributed by atoms with Crippen LogP contribution in [0.15, 0.2) is 18.2 Å². The Morgan fingerprint density at radius 2 is 1.95 bits per heavy atom. The molecule has 0 radical (unpaired) electrons. The Morgan fingerprint density at radius 3 is 2.53 bits per heavy atom. The average molecular weight is 282 g/mol. The summed E-state index contributed by atoms with van der Waals surface area (Å²) in [4.78, 5) is 0. The van der Waals surface area contributed by atoms with E-state index in [4.69, 9.17) is 11.6 Å². The second-order valence-electron chi connectivity index (χ2n) is 6.50. The van der Waals surface area contributed by atoms with Crippen LogP contribution in [0, 0.1) is 11.2 Å². The number of nitrogens with one attached hydrogen (secondary N) is 1. The summed E-state index contributed by atoms with van der Waals surface area (Å²) in [6, 6.07) is 4.88. The molecule has 3 heteroatoms. The van der Waals surface area contributed by atoms with E-state index in [1.807, 2.05) is 13.1 Å². The van der Waals surface area contributed by atoms with Crippen LogP contribution in [0.3, 0.4) is 0 Å². The van der Waals surface area contributed by atoms with E-state index in [2.05, 4.69) is 5.32 Å². The summed E-state index contributed by atoms with van der Waals surface area (Å²) in [5, 5.41) is 3.89. The maximum Gasteiger partial charge on any atom is 0.124 e. The van der Waals surface area contributed by atoms with Gasteiger partial charge in [-0.25, -0.2) is 4.39 Å². The van der Waals surface area contributed by atoms with Crippen molar-refractivity contribution in [2.24, 2.45) is 5.41 Å². The van der Waals surface area contributed by atoms with Crippen LogP contribution in [0.2, 0.25) is 5.02 Å². The van der Waals surface area contributed by atoms with Crippen molar-refractivity contribution in [1.29, 1.82) is 0 Å². The van der Waals surface area contributed by atoms with E-state index in [-0.39, 0.29) is 11.2 Å². The lowest BCUT2D eigenvalue weighted by atomic mass is 9.49. The van der Waals surface area contributed by atoms with Gasteiger partial charge in [-0.05, 0) is 55.8 Å². The molecule has 0 amide bonds. The smallest absolute Gasteiger partial charge is 0.124 e. The number of halogens is 2. The molecule has 0 heterocycles. The van der Waals surface area contributed by atoms with Gasteiger partial charge in [0.1, 0.15) is 5.82 Å². The molecule has 1 spiro atoms. The summed E-state index contributed by atoms with van der Waals surface area (Å²) < 4.78 is 13.2. The van der Waals surface area contributed by atoms with Crippen molar-refractivity contribution >= 4 is 11.6 Å². The Morgan fingerprint density at radius 1 is 1.26 bits per heavy atom. The Hall–Kier alpha value is -0.600. The van der Waals surface area contributed by atoms with E-state index < -0.39 is 0 Å². The normalized spacial score (nSPS) is 23.5. The quantitative estimate of drug-likeness (QED) is 0.871. The molecule has 2 saturated carbocycles. The highest BCUT2D eigenvalue weighted by Gasteiger charge is 2.55. The van der Waals surface area contributed by atoms with Crippen LogP contribution in [0.4, 0.5) is 4.39 Å². The summed E-state index contributed by atoms with van der Waals surface area (Å²) >= 11 is 6.29. The molecule has 0 aliphatic heterocycles. The van der Waals surface area contributed by atoms with Gasteiger partial charge in [0.15, 0.2) is 0 Å². The van der Waals surface area contributed by atoms with Gasteiger partial charge in [0.05, 0.1) is 0 Å². The molecule has 3 rings (SSSR count). The standard InChI is InChI=1S/C16H21ClFN/c1-19-11-16(9-15(10-16)6-2-3-7-15)13-5-4-12(18)8-14(13)17/h4-5,8,19H,2-3,6-7,9-11H2,1H3. The highest BCUT2D eigenvalue weighted by Crippen LogP contribution is 2.63. The fraction of sp³-hybridized carbons (Fsp3) is 0.625. The molecule has 19 heavy (non-hydrogen) atoms. The number of hydrogen-bond donors (Lipinski definition) is 1. The maximum atomic E-state index is 13.2. The summed E-state index contributed by atoms with van der Waals surface area (Å²) in [5.41, 5.74) is 1.79. The molecule has 1 aromatic carbocycles. The van der Waals surface area contributed by atoms with Gasteiger partial charge in [-0.2, -0.15) is 0 Å². The molecule has 1 N–H and O–H groups in total. The first-order valence-electron chi connectivity index (χ1n) is 7.19. The second kappa shape index (κ2) is 4.75. The number of likely N-dealkylation sites (N-methyl/N-ethyl adjacent to an activating group) is 1. The van der Waals surface area contributed by atoms with Gasteiger partial charge in [-0.3, -0.25) is 0 Å². The molecule has 0 unspecified atom stereocenters. The van der Waals surface area contributed by atoms with Crippen molar-refractivity contribution in [1.82, 2.24) is 5.32 Å². The van der Waals surface area contributed by atoms with E-state index in [0.29, 0.717) is 10.4 Å². The van der Waals surface area contributed by atoms with Crippen molar-refractivity contribution in [2.75, 3.05) is 13.6 Å². The van der Waals surface area contributed by atoms with Crippen LogP contribution in [0.25, 0.3) is 0 Å².